The van der Waals surface area contributed by atoms with E-state index in [-0.39, 0.29) is 18.6 Å². The minimum absolute atomic E-state index is 0.102. The summed E-state index contributed by atoms with van der Waals surface area (Å²) in [5, 5.41) is 20.9. The van der Waals surface area contributed by atoms with Crippen molar-refractivity contribution in [3.05, 3.63) is 62.9 Å². The third-order valence-corrected chi connectivity index (χ3v) is 5.67. The van der Waals surface area contributed by atoms with Gasteiger partial charge in [-0.3, -0.25) is 4.79 Å². The first-order chi connectivity index (χ1) is 13.5. The largest absolute Gasteiger partial charge is 0.458 e. The maximum absolute atomic E-state index is 13.1. The molecule has 1 aromatic carbocycles. The summed E-state index contributed by atoms with van der Waals surface area (Å²) in [5.74, 6) is -0.741. The second-order valence-electron chi connectivity index (χ2n) is 7.08. The van der Waals surface area contributed by atoms with Gasteiger partial charge in [0.2, 0.25) is 0 Å². The second-order valence-corrected chi connectivity index (χ2v) is 7.08. The van der Waals surface area contributed by atoms with Crippen LogP contribution < -0.4 is 5.56 Å². The van der Waals surface area contributed by atoms with E-state index in [0.717, 1.165) is 10.9 Å². The number of cyclic esters (lactones) is 1. The quantitative estimate of drug-likeness (QED) is 0.511. The lowest BCUT2D eigenvalue weighted by atomic mass is 9.86. The lowest BCUT2D eigenvalue weighted by molar-refractivity contribution is -0.172. The van der Waals surface area contributed by atoms with Crippen LogP contribution in [0.5, 0.6) is 0 Å². The van der Waals surface area contributed by atoms with Crippen LogP contribution in [-0.4, -0.2) is 20.6 Å². The first kappa shape index (κ1) is 16.7. The van der Waals surface area contributed by atoms with Crippen LogP contribution in [0.2, 0.25) is 0 Å². The van der Waals surface area contributed by atoms with E-state index in [2.05, 4.69) is 11.1 Å². The number of hydrogen-bond acceptors (Lipinski definition) is 6. The van der Waals surface area contributed by atoms with Gasteiger partial charge in [0.1, 0.15) is 6.61 Å². The van der Waals surface area contributed by atoms with Crippen molar-refractivity contribution >= 4 is 16.9 Å². The van der Waals surface area contributed by atoms with Crippen molar-refractivity contribution in [2.45, 2.75) is 32.1 Å². The van der Waals surface area contributed by atoms with Gasteiger partial charge in [-0.1, -0.05) is 13.0 Å². The van der Waals surface area contributed by atoms with Gasteiger partial charge in [-0.25, -0.2) is 9.78 Å². The molecule has 5 rings (SSSR count). The van der Waals surface area contributed by atoms with Crippen molar-refractivity contribution < 1.29 is 14.6 Å². The van der Waals surface area contributed by atoms with Gasteiger partial charge in [0.05, 0.1) is 40.6 Å². The summed E-state index contributed by atoms with van der Waals surface area (Å²) in [5.41, 5.74) is 1.64. The zero-order chi connectivity index (χ0) is 19.6. The molecular weight excluding hydrogens is 358 g/mol. The lowest BCUT2D eigenvalue weighted by Gasteiger charge is -2.31. The summed E-state index contributed by atoms with van der Waals surface area (Å²) in [4.78, 5) is 29.9. The first-order valence-corrected chi connectivity index (χ1v) is 8.98. The van der Waals surface area contributed by atoms with Crippen LogP contribution in [0.3, 0.4) is 0 Å². The van der Waals surface area contributed by atoms with Gasteiger partial charge in [-0.2, -0.15) is 5.26 Å². The van der Waals surface area contributed by atoms with Gasteiger partial charge < -0.3 is 14.4 Å². The predicted octanol–water partition coefficient (Wildman–Crippen LogP) is 1.95. The number of aliphatic hydroxyl groups is 1. The number of esters is 1. The summed E-state index contributed by atoms with van der Waals surface area (Å²) in [6.07, 6.45) is 0.102. The molecule has 0 bridgehead atoms. The maximum atomic E-state index is 13.1. The Balaban J connectivity index is 1.81. The Labute approximate surface area is 159 Å². The molecule has 1 atom stereocenters. The Morgan fingerprint density at radius 2 is 2.18 bits per heavy atom. The summed E-state index contributed by atoms with van der Waals surface area (Å²) in [7, 11) is 0. The molecule has 1 N–H and O–H groups in total. The number of carbonyl (C=O) groups excluding carboxylic acids is 1. The highest BCUT2D eigenvalue weighted by atomic mass is 16.6. The molecule has 4 heterocycles. The highest BCUT2D eigenvalue weighted by Crippen LogP contribution is 2.38. The summed E-state index contributed by atoms with van der Waals surface area (Å²) >= 11 is 0. The smallest absolute Gasteiger partial charge is 0.343 e. The first-order valence-electron chi connectivity index (χ1n) is 8.98. The fourth-order valence-corrected chi connectivity index (χ4v) is 4.10. The van der Waals surface area contributed by atoms with Crippen LogP contribution in [-0.2, 0) is 28.3 Å². The van der Waals surface area contributed by atoms with Crippen LogP contribution in [0.15, 0.2) is 35.1 Å². The average Bonchev–Trinajstić information content (AvgIpc) is 3.07. The molecule has 0 saturated carbocycles. The molecule has 7 heteroatoms. The molecule has 0 saturated heterocycles. The molecule has 0 unspecified atom stereocenters. The number of fused-ring (bicyclic) bond motifs is 5. The van der Waals surface area contributed by atoms with E-state index in [9.17, 15) is 20.0 Å². The normalized spacial score (nSPS) is 19.5. The Morgan fingerprint density at radius 1 is 1.36 bits per heavy atom. The van der Waals surface area contributed by atoms with E-state index in [1.54, 1.807) is 29.7 Å². The third-order valence-electron chi connectivity index (χ3n) is 5.67. The van der Waals surface area contributed by atoms with Crippen LogP contribution >= 0.6 is 0 Å². The number of aromatic nitrogens is 2. The molecule has 7 nitrogen and oxygen atoms in total. The SMILES string of the molecule is CC[C@@]1(O)C(=O)OCc2c1cc1n(c2=O)Cc2cc3c(C#N)cccc3nc2-1. The fourth-order valence-electron chi connectivity index (χ4n) is 4.10. The Kier molecular flexibility index (Phi) is 3.27. The minimum Gasteiger partial charge on any atom is -0.458 e. The molecule has 2 aliphatic rings. The van der Waals surface area contributed by atoms with E-state index < -0.39 is 11.6 Å². The Hall–Kier alpha value is -3.50. The molecule has 0 aliphatic carbocycles. The second kappa shape index (κ2) is 5.50. The molecule has 2 aliphatic heterocycles. The number of nitrogens with zero attached hydrogens (tertiary/aromatic N) is 3. The predicted molar refractivity (Wildman–Crippen MR) is 99.2 cm³/mol. The minimum atomic E-state index is -1.84. The monoisotopic (exact) mass is 373 g/mol. The molecule has 2 aromatic heterocycles. The van der Waals surface area contributed by atoms with Crippen molar-refractivity contribution in [1.82, 2.24) is 9.55 Å². The highest BCUT2D eigenvalue weighted by Gasteiger charge is 2.45. The lowest BCUT2D eigenvalue weighted by Crippen LogP contribution is -2.44. The number of hydrogen-bond donors (Lipinski definition) is 1. The van der Waals surface area contributed by atoms with Gasteiger partial charge in [-0.05, 0) is 30.7 Å². The van der Waals surface area contributed by atoms with Gasteiger partial charge in [0, 0.05) is 16.5 Å². The van der Waals surface area contributed by atoms with E-state index in [0.29, 0.717) is 40.1 Å². The van der Waals surface area contributed by atoms with Crippen molar-refractivity contribution in [2.24, 2.45) is 0 Å². The standard InChI is InChI=1S/C21H15N3O4/c1-2-21(27)15-7-17-18-12(6-13-11(8-22)4-3-5-16(13)23-18)9-24(17)19(25)14(15)10-28-20(21)26/h3-7,27H,2,9-10H2,1H3/t21-/m0/s1. The molecule has 3 aromatic rings. The molecule has 138 valence electrons. The van der Waals surface area contributed by atoms with Gasteiger partial charge in [0.25, 0.3) is 5.56 Å². The van der Waals surface area contributed by atoms with Crippen molar-refractivity contribution in [2.75, 3.05) is 0 Å². The number of ether oxygens (including phenoxy) is 1. The average molecular weight is 373 g/mol. The van der Waals surface area contributed by atoms with E-state index >= 15 is 0 Å². The summed E-state index contributed by atoms with van der Waals surface area (Å²) < 4.78 is 6.65. The molecule has 28 heavy (non-hydrogen) atoms. The molecule has 0 fully saturated rings. The topological polar surface area (TPSA) is 105 Å². The highest BCUT2D eigenvalue weighted by molar-refractivity contribution is 5.89. The van der Waals surface area contributed by atoms with Crippen LogP contribution in [0.4, 0.5) is 0 Å². The number of rotatable bonds is 1. The zero-order valence-corrected chi connectivity index (χ0v) is 15.0. The Morgan fingerprint density at radius 3 is 2.93 bits per heavy atom. The number of benzene rings is 1. The van der Waals surface area contributed by atoms with Gasteiger partial charge >= 0.3 is 5.97 Å². The Bertz CT molecular complexity index is 1300. The van der Waals surface area contributed by atoms with Crippen LogP contribution in [0.1, 0.15) is 35.6 Å². The van der Waals surface area contributed by atoms with Crippen molar-refractivity contribution in [3.8, 4) is 17.5 Å². The maximum Gasteiger partial charge on any atom is 0.343 e. The molecule has 0 spiro atoms. The van der Waals surface area contributed by atoms with Crippen molar-refractivity contribution in [3.63, 3.8) is 0 Å². The fraction of sp³-hybridized carbons (Fsp3) is 0.238. The van der Waals surface area contributed by atoms with Crippen molar-refractivity contribution in [1.29, 1.82) is 5.26 Å². The molecular formula is C21H15N3O4. The van der Waals surface area contributed by atoms with Crippen LogP contribution in [0, 0.1) is 11.3 Å². The number of nitriles is 1. The summed E-state index contributed by atoms with van der Waals surface area (Å²) in [6, 6.07) is 11.0. The number of carbonyl (C=O) groups is 1. The van der Waals surface area contributed by atoms with Crippen LogP contribution in [0.25, 0.3) is 22.3 Å². The van der Waals surface area contributed by atoms with E-state index in [4.69, 9.17) is 4.74 Å². The van der Waals surface area contributed by atoms with Gasteiger partial charge in [0.15, 0.2) is 5.60 Å². The third kappa shape index (κ3) is 1.98. The number of pyridine rings is 2. The summed E-state index contributed by atoms with van der Waals surface area (Å²) in [6.45, 7) is 1.84. The van der Waals surface area contributed by atoms with E-state index in [1.807, 2.05) is 12.1 Å². The molecule has 0 amide bonds. The van der Waals surface area contributed by atoms with E-state index in [1.165, 1.54) is 0 Å². The zero-order valence-electron chi connectivity index (χ0n) is 15.0. The van der Waals surface area contributed by atoms with Gasteiger partial charge in [-0.15, -0.1) is 0 Å². The molecule has 0 radical (unpaired) electrons.